The lowest BCUT2D eigenvalue weighted by molar-refractivity contribution is 0.0267. The molecule has 0 aliphatic heterocycles. The first-order valence-electron chi connectivity index (χ1n) is 7.41. The first-order chi connectivity index (χ1) is 10.1. The fourth-order valence-electron chi connectivity index (χ4n) is 2.49. The van der Waals surface area contributed by atoms with Crippen LogP contribution in [0, 0.1) is 6.92 Å². The molecule has 0 radical (unpaired) electrons. The van der Waals surface area contributed by atoms with Gasteiger partial charge in [0.15, 0.2) is 5.43 Å². The molecule has 0 unspecified atom stereocenters. The second-order valence-corrected chi connectivity index (χ2v) is 5.56. The van der Waals surface area contributed by atoms with Gasteiger partial charge in [0.2, 0.25) is 0 Å². The van der Waals surface area contributed by atoms with Gasteiger partial charge in [-0.3, -0.25) is 9.59 Å². The van der Waals surface area contributed by atoms with Crippen molar-refractivity contribution in [1.29, 1.82) is 0 Å². The van der Waals surface area contributed by atoms with Gasteiger partial charge in [-0.15, -0.1) is 0 Å². The molecule has 1 aliphatic rings. The Labute approximate surface area is 124 Å². The number of ether oxygens (including phenoxy) is 1. The maximum absolute atomic E-state index is 11.9. The van der Waals surface area contributed by atoms with E-state index in [1.165, 1.54) is 12.3 Å². The van der Waals surface area contributed by atoms with Gasteiger partial charge in [0, 0.05) is 30.5 Å². The maximum atomic E-state index is 11.9. The Hall–Kier alpha value is -1.66. The van der Waals surface area contributed by atoms with Crippen molar-refractivity contribution in [2.45, 2.75) is 44.8 Å². The molecule has 1 aromatic rings. The molecule has 0 bridgehead atoms. The summed E-state index contributed by atoms with van der Waals surface area (Å²) in [7, 11) is 0. The SMILES string of the molecule is Cc1cc(=O)c(C(=O)NCCOC2CCC(N)CC2)c[nH]1. The molecule has 21 heavy (non-hydrogen) atoms. The molecule has 1 heterocycles. The number of carbonyl (C=O) groups excluding carboxylic acids is 1. The molecule has 116 valence electrons. The minimum atomic E-state index is -0.370. The van der Waals surface area contributed by atoms with Gasteiger partial charge in [0.05, 0.1) is 12.7 Å². The summed E-state index contributed by atoms with van der Waals surface area (Å²) in [4.78, 5) is 26.4. The van der Waals surface area contributed by atoms with Gasteiger partial charge in [-0.2, -0.15) is 0 Å². The Balaban J connectivity index is 1.71. The van der Waals surface area contributed by atoms with Crippen LogP contribution < -0.4 is 16.5 Å². The molecule has 1 amide bonds. The van der Waals surface area contributed by atoms with Gasteiger partial charge < -0.3 is 20.8 Å². The van der Waals surface area contributed by atoms with Crippen LogP contribution in [0.1, 0.15) is 41.7 Å². The van der Waals surface area contributed by atoms with Crippen LogP contribution in [0.5, 0.6) is 0 Å². The number of nitrogens with two attached hydrogens (primary N) is 1. The summed E-state index contributed by atoms with van der Waals surface area (Å²) >= 11 is 0. The van der Waals surface area contributed by atoms with E-state index in [1.54, 1.807) is 6.92 Å². The lowest BCUT2D eigenvalue weighted by atomic mass is 9.94. The third-order valence-corrected chi connectivity index (χ3v) is 3.76. The van der Waals surface area contributed by atoms with Crippen molar-refractivity contribution in [3.8, 4) is 0 Å². The summed E-state index contributed by atoms with van der Waals surface area (Å²) in [6.07, 6.45) is 5.63. The Morgan fingerprint density at radius 2 is 2.14 bits per heavy atom. The van der Waals surface area contributed by atoms with E-state index in [2.05, 4.69) is 10.3 Å². The number of rotatable bonds is 5. The molecule has 0 spiro atoms. The predicted molar refractivity (Wildman–Crippen MR) is 80.3 cm³/mol. The third-order valence-electron chi connectivity index (χ3n) is 3.76. The first kappa shape index (κ1) is 15.7. The van der Waals surface area contributed by atoms with Crippen LogP contribution in [-0.2, 0) is 4.74 Å². The zero-order chi connectivity index (χ0) is 15.2. The van der Waals surface area contributed by atoms with E-state index >= 15 is 0 Å². The number of nitrogens with one attached hydrogen (secondary N) is 2. The summed E-state index contributed by atoms with van der Waals surface area (Å²) in [5.74, 6) is -0.370. The Morgan fingerprint density at radius 3 is 2.81 bits per heavy atom. The van der Waals surface area contributed by atoms with Gasteiger partial charge in [0.1, 0.15) is 5.56 Å². The van der Waals surface area contributed by atoms with Gasteiger partial charge in [0.25, 0.3) is 5.91 Å². The largest absolute Gasteiger partial charge is 0.376 e. The van der Waals surface area contributed by atoms with Crippen molar-refractivity contribution in [3.05, 3.63) is 33.7 Å². The van der Waals surface area contributed by atoms with E-state index < -0.39 is 0 Å². The van der Waals surface area contributed by atoms with E-state index in [-0.39, 0.29) is 23.0 Å². The summed E-state index contributed by atoms with van der Waals surface area (Å²) in [6.45, 7) is 2.62. The lowest BCUT2D eigenvalue weighted by Crippen LogP contribution is -2.34. The molecule has 1 fully saturated rings. The molecular formula is C15H23N3O3. The molecule has 1 aromatic heterocycles. The molecule has 4 N–H and O–H groups in total. The highest BCUT2D eigenvalue weighted by Gasteiger charge is 2.18. The van der Waals surface area contributed by atoms with E-state index in [9.17, 15) is 9.59 Å². The number of hydrogen-bond donors (Lipinski definition) is 3. The van der Waals surface area contributed by atoms with Crippen LogP contribution in [0.15, 0.2) is 17.1 Å². The molecular weight excluding hydrogens is 270 g/mol. The van der Waals surface area contributed by atoms with Crippen LogP contribution in [0.25, 0.3) is 0 Å². The molecule has 0 aromatic carbocycles. The number of amides is 1. The minimum Gasteiger partial charge on any atom is -0.376 e. The number of carbonyl (C=O) groups is 1. The van der Waals surface area contributed by atoms with Crippen LogP contribution in [0.2, 0.25) is 0 Å². The van der Waals surface area contributed by atoms with E-state index in [1.807, 2.05) is 0 Å². The summed E-state index contributed by atoms with van der Waals surface area (Å²) in [5.41, 5.74) is 6.42. The van der Waals surface area contributed by atoms with Crippen LogP contribution in [0.3, 0.4) is 0 Å². The standard InChI is InChI=1S/C15H23N3O3/c1-10-8-14(19)13(9-18-10)15(20)17-6-7-21-12-4-2-11(16)3-5-12/h8-9,11-12H,2-7,16H2,1H3,(H,17,20)(H,18,19). The summed E-state index contributed by atoms with van der Waals surface area (Å²) in [5, 5.41) is 2.70. The molecule has 0 atom stereocenters. The quantitative estimate of drug-likeness (QED) is 0.696. The van der Waals surface area contributed by atoms with Crippen molar-refractivity contribution in [2.24, 2.45) is 5.73 Å². The highest BCUT2D eigenvalue weighted by Crippen LogP contribution is 2.19. The van der Waals surface area contributed by atoms with Gasteiger partial charge in [-0.25, -0.2) is 0 Å². The van der Waals surface area contributed by atoms with E-state index in [4.69, 9.17) is 10.5 Å². The van der Waals surface area contributed by atoms with Crippen molar-refractivity contribution in [2.75, 3.05) is 13.2 Å². The zero-order valence-electron chi connectivity index (χ0n) is 12.4. The number of aryl methyl sites for hydroxylation is 1. The smallest absolute Gasteiger partial charge is 0.256 e. The topological polar surface area (TPSA) is 97.2 Å². The highest BCUT2D eigenvalue weighted by molar-refractivity contribution is 5.93. The predicted octanol–water partition coefficient (Wildman–Crippen LogP) is 0.700. The maximum Gasteiger partial charge on any atom is 0.256 e. The van der Waals surface area contributed by atoms with Gasteiger partial charge >= 0.3 is 0 Å². The van der Waals surface area contributed by atoms with E-state index in [0.717, 1.165) is 31.4 Å². The number of hydrogen-bond acceptors (Lipinski definition) is 4. The average Bonchev–Trinajstić information content (AvgIpc) is 2.45. The van der Waals surface area contributed by atoms with E-state index in [0.29, 0.717) is 19.2 Å². The lowest BCUT2D eigenvalue weighted by Gasteiger charge is -2.26. The summed E-state index contributed by atoms with van der Waals surface area (Å²) in [6, 6.07) is 1.72. The molecule has 1 aliphatic carbocycles. The fraction of sp³-hybridized carbons (Fsp3) is 0.600. The second kappa shape index (κ2) is 7.38. The normalized spacial score (nSPS) is 22.0. The van der Waals surface area contributed by atoms with Crippen molar-refractivity contribution in [1.82, 2.24) is 10.3 Å². The fourth-order valence-corrected chi connectivity index (χ4v) is 2.49. The van der Waals surface area contributed by atoms with Crippen LogP contribution in [-0.4, -0.2) is 36.2 Å². The first-order valence-corrected chi connectivity index (χ1v) is 7.41. The van der Waals surface area contributed by atoms with Crippen molar-refractivity contribution >= 4 is 5.91 Å². The molecule has 6 heteroatoms. The second-order valence-electron chi connectivity index (χ2n) is 5.56. The monoisotopic (exact) mass is 293 g/mol. The number of pyridine rings is 1. The molecule has 2 rings (SSSR count). The third kappa shape index (κ3) is 4.68. The molecule has 0 saturated heterocycles. The molecule has 1 saturated carbocycles. The van der Waals surface area contributed by atoms with Crippen LogP contribution >= 0.6 is 0 Å². The molecule has 6 nitrogen and oxygen atoms in total. The van der Waals surface area contributed by atoms with Gasteiger partial charge in [-0.1, -0.05) is 0 Å². The van der Waals surface area contributed by atoms with Gasteiger partial charge in [-0.05, 0) is 32.6 Å². The van der Waals surface area contributed by atoms with Crippen molar-refractivity contribution < 1.29 is 9.53 Å². The van der Waals surface area contributed by atoms with Crippen molar-refractivity contribution in [3.63, 3.8) is 0 Å². The Kier molecular flexibility index (Phi) is 5.52. The number of aromatic nitrogens is 1. The summed E-state index contributed by atoms with van der Waals surface area (Å²) < 4.78 is 5.71. The Morgan fingerprint density at radius 1 is 1.43 bits per heavy atom. The van der Waals surface area contributed by atoms with Crippen LogP contribution in [0.4, 0.5) is 0 Å². The Bertz CT molecular complexity index is 533. The average molecular weight is 293 g/mol. The minimum absolute atomic E-state index is 0.129. The number of aromatic amines is 1. The zero-order valence-corrected chi connectivity index (χ0v) is 12.4. The highest BCUT2D eigenvalue weighted by atomic mass is 16.5. The number of H-pyrrole nitrogens is 1.